The molecule has 1 heterocycles. The number of piperidine rings is 1. The van der Waals surface area contributed by atoms with Gasteiger partial charge in [0.2, 0.25) is 10.0 Å². The van der Waals surface area contributed by atoms with Gasteiger partial charge in [-0.3, -0.25) is 0 Å². The third kappa shape index (κ3) is 3.17. The molecule has 1 fully saturated rings. The summed E-state index contributed by atoms with van der Waals surface area (Å²) in [4.78, 5) is 1.34. The second kappa shape index (κ2) is 5.86. The van der Waals surface area contributed by atoms with Crippen molar-refractivity contribution in [3.8, 4) is 0 Å². The summed E-state index contributed by atoms with van der Waals surface area (Å²) >= 11 is 0. The summed E-state index contributed by atoms with van der Waals surface area (Å²) in [6.07, 6.45) is 1.30. The van der Waals surface area contributed by atoms with Crippen LogP contribution in [0.25, 0.3) is 0 Å². The van der Waals surface area contributed by atoms with Gasteiger partial charge in [-0.1, -0.05) is 0 Å². The number of halogens is 2. The number of benzene rings is 1. The van der Waals surface area contributed by atoms with E-state index >= 15 is 0 Å². The molecule has 1 aliphatic rings. The van der Waals surface area contributed by atoms with Crippen molar-refractivity contribution in [1.29, 1.82) is 0 Å². The lowest BCUT2D eigenvalue weighted by Gasteiger charge is -2.34. The van der Waals surface area contributed by atoms with Gasteiger partial charge in [0.25, 0.3) is 0 Å². The number of hydrogen-bond donors (Lipinski definition) is 1. The van der Waals surface area contributed by atoms with E-state index in [9.17, 15) is 17.2 Å². The lowest BCUT2D eigenvalue weighted by Crippen LogP contribution is -2.44. The van der Waals surface area contributed by atoms with E-state index in [1.807, 2.05) is 19.0 Å². The highest BCUT2D eigenvalue weighted by Crippen LogP contribution is 2.27. The zero-order chi connectivity index (χ0) is 15.8. The Morgan fingerprint density at radius 3 is 2.33 bits per heavy atom. The van der Waals surface area contributed by atoms with Gasteiger partial charge in [-0.05, 0) is 39.1 Å². The molecule has 0 radical (unpaired) electrons. The fourth-order valence-corrected chi connectivity index (χ4v) is 4.09. The molecule has 0 spiro atoms. The van der Waals surface area contributed by atoms with Crippen LogP contribution >= 0.6 is 0 Å². The predicted molar refractivity (Wildman–Crippen MR) is 76.2 cm³/mol. The molecule has 0 atom stereocenters. The minimum Gasteiger partial charge on any atom is -0.399 e. The van der Waals surface area contributed by atoms with Crippen molar-refractivity contribution in [1.82, 2.24) is 9.21 Å². The molecule has 0 unspecified atom stereocenters. The monoisotopic (exact) mass is 319 g/mol. The van der Waals surface area contributed by atoms with Gasteiger partial charge >= 0.3 is 0 Å². The van der Waals surface area contributed by atoms with Gasteiger partial charge in [0.15, 0.2) is 11.6 Å². The van der Waals surface area contributed by atoms with E-state index in [0.717, 1.165) is 12.1 Å². The first-order valence-corrected chi connectivity index (χ1v) is 8.08. The molecule has 0 aromatic heterocycles. The minimum absolute atomic E-state index is 0.115. The molecule has 1 aromatic carbocycles. The molecule has 0 saturated carbocycles. The maximum absolute atomic E-state index is 13.8. The molecule has 0 bridgehead atoms. The zero-order valence-electron chi connectivity index (χ0n) is 12.0. The van der Waals surface area contributed by atoms with E-state index in [1.165, 1.54) is 4.31 Å². The van der Waals surface area contributed by atoms with E-state index in [4.69, 9.17) is 5.73 Å². The van der Waals surface area contributed by atoms with Crippen molar-refractivity contribution in [2.24, 2.45) is 0 Å². The molecule has 2 N–H and O–H groups in total. The third-order valence-electron chi connectivity index (χ3n) is 3.79. The van der Waals surface area contributed by atoms with Crippen LogP contribution in [0.4, 0.5) is 14.5 Å². The second-order valence-electron chi connectivity index (χ2n) is 5.41. The highest BCUT2D eigenvalue weighted by Gasteiger charge is 2.33. The van der Waals surface area contributed by atoms with Crippen molar-refractivity contribution < 1.29 is 17.2 Å². The van der Waals surface area contributed by atoms with Crippen LogP contribution in [0, 0.1) is 11.6 Å². The normalized spacial score (nSPS) is 18.3. The molecular formula is C13H19F2N3O2S. The number of anilines is 1. The van der Waals surface area contributed by atoms with Gasteiger partial charge in [0, 0.05) is 24.8 Å². The van der Waals surface area contributed by atoms with Crippen LogP contribution in [0.15, 0.2) is 17.0 Å². The summed E-state index contributed by atoms with van der Waals surface area (Å²) in [6, 6.07) is 2.03. The van der Waals surface area contributed by atoms with Gasteiger partial charge in [0.05, 0.1) is 0 Å². The number of sulfonamides is 1. The third-order valence-corrected chi connectivity index (χ3v) is 5.69. The summed E-state index contributed by atoms with van der Waals surface area (Å²) in [5, 5.41) is 0. The van der Waals surface area contributed by atoms with Crippen LogP contribution in [0.5, 0.6) is 0 Å². The van der Waals surface area contributed by atoms with E-state index < -0.39 is 26.6 Å². The largest absolute Gasteiger partial charge is 0.399 e. The van der Waals surface area contributed by atoms with E-state index in [2.05, 4.69) is 0 Å². The molecular weight excluding hydrogens is 300 g/mol. The molecule has 1 aromatic rings. The molecule has 8 heteroatoms. The molecule has 21 heavy (non-hydrogen) atoms. The van der Waals surface area contributed by atoms with Crippen molar-refractivity contribution in [2.45, 2.75) is 23.8 Å². The van der Waals surface area contributed by atoms with Crippen molar-refractivity contribution in [3.63, 3.8) is 0 Å². The summed E-state index contributed by atoms with van der Waals surface area (Å²) < 4.78 is 53.2. The molecule has 0 aliphatic carbocycles. The first kappa shape index (κ1) is 16.1. The molecule has 1 saturated heterocycles. The Labute approximate surface area is 123 Å². The first-order valence-electron chi connectivity index (χ1n) is 6.64. The van der Waals surface area contributed by atoms with Gasteiger partial charge in [-0.15, -0.1) is 0 Å². The highest BCUT2D eigenvalue weighted by molar-refractivity contribution is 7.89. The van der Waals surface area contributed by atoms with Crippen LogP contribution in [-0.4, -0.2) is 50.8 Å². The van der Waals surface area contributed by atoms with Crippen molar-refractivity contribution in [2.75, 3.05) is 32.9 Å². The summed E-state index contributed by atoms with van der Waals surface area (Å²) in [5.41, 5.74) is 5.30. The Kier molecular flexibility index (Phi) is 4.50. The van der Waals surface area contributed by atoms with E-state index in [0.29, 0.717) is 18.9 Å². The Bertz CT molecular complexity index is 627. The smallest absolute Gasteiger partial charge is 0.246 e. The van der Waals surface area contributed by atoms with Crippen molar-refractivity contribution >= 4 is 15.7 Å². The van der Waals surface area contributed by atoms with Crippen LogP contribution in [0.3, 0.4) is 0 Å². The van der Waals surface area contributed by atoms with Crippen molar-refractivity contribution in [3.05, 3.63) is 23.8 Å². The lowest BCUT2D eigenvalue weighted by molar-refractivity contribution is 0.196. The van der Waals surface area contributed by atoms with Crippen LogP contribution in [-0.2, 0) is 10.0 Å². The predicted octanol–water partition coefficient (Wildman–Crippen LogP) is 1.26. The number of nitrogens with zero attached hydrogens (tertiary/aromatic N) is 2. The Morgan fingerprint density at radius 2 is 1.81 bits per heavy atom. The molecule has 2 rings (SSSR count). The standard InChI is InChI=1S/C13H19F2N3O2S/c1-17(2)10-3-5-18(6-4-10)21(19,20)12-8-9(16)7-11(14)13(12)15/h7-8,10H,3-6,16H2,1-2H3. The first-order chi connectivity index (χ1) is 9.73. The van der Waals surface area contributed by atoms with Crippen LogP contribution in [0.2, 0.25) is 0 Å². The minimum atomic E-state index is -4.07. The van der Waals surface area contributed by atoms with E-state index in [1.54, 1.807) is 0 Å². The lowest BCUT2D eigenvalue weighted by atomic mass is 10.1. The fourth-order valence-electron chi connectivity index (χ4n) is 2.51. The highest BCUT2D eigenvalue weighted by atomic mass is 32.2. The summed E-state index contributed by atoms with van der Waals surface area (Å²) in [5.74, 6) is -2.63. The Hall–Kier alpha value is -1.25. The quantitative estimate of drug-likeness (QED) is 0.852. The molecule has 5 nitrogen and oxygen atoms in total. The maximum Gasteiger partial charge on any atom is 0.246 e. The Morgan fingerprint density at radius 1 is 1.24 bits per heavy atom. The molecule has 0 amide bonds. The molecule has 1 aliphatic heterocycles. The van der Waals surface area contributed by atoms with Gasteiger partial charge in [-0.2, -0.15) is 4.31 Å². The second-order valence-corrected chi connectivity index (χ2v) is 7.32. The van der Waals surface area contributed by atoms with Gasteiger partial charge < -0.3 is 10.6 Å². The number of nitrogen functional groups attached to an aromatic ring is 1. The maximum atomic E-state index is 13.8. The van der Waals surface area contributed by atoms with Crippen LogP contribution < -0.4 is 5.73 Å². The zero-order valence-corrected chi connectivity index (χ0v) is 12.8. The fraction of sp³-hybridized carbons (Fsp3) is 0.538. The van der Waals surface area contributed by atoms with Gasteiger partial charge in [0.1, 0.15) is 4.90 Å². The van der Waals surface area contributed by atoms with Gasteiger partial charge in [-0.25, -0.2) is 17.2 Å². The number of hydrogen-bond acceptors (Lipinski definition) is 4. The van der Waals surface area contributed by atoms with E-state index in [-0.39, 0.29) is 18.8 Å². The number of rotatable bonds is 3. The summed E-state index contributed by atoms with van der Waals surface area (Å²) in [7, 11) is -0.202. The number of nitrogens with two attached hydrogens (primary N) is 1. The average Bonchev–Trinajstić information content (AvgIpc) is 2.42. The average molecular weight is 319 g/mol. The van der Waals surface area contributed by atoms with Crippen LogP contribution in [0.1, 0.15) is 12.8 Å². The topological polar surface area (TPSA) is 66.6 Å². The SMILES string of the molecule is CN(C)C1CCN(S(=O)(=O)c2cc(N)cc(F)c2F)CC1. The summed E-state index contributed by atoms with van der Waals surface area (Å²) in [6.45, 7) is 0.558. The molecule has 118 valence electrons. The Balaban J connectivity index is 2.28.